The van der Waals surface area contributed by atoms with Crippen LogP contribution in [-0.2, 0) is 14.3 Å². The summed E-state index contributed by atoms with van der Waals surface area (Å²) in [6.45, 7) is 4.83. The molecule has 1 aromatic rings. The molecule has 100 valence electrons. The van der Waals surface area contributed by atoms with Crippen molar-refractivity contribution in [3.63, 3.8) is 0 Å². The first-order valence-corrected chi connectivity index (χ1v) is 6.61. The van der Waals surface area contributed by atoms with Crippen LogP contribution in [0.15, 0.2) is 24.3 Å². The van der Waals surface area contributed by atoms with E-state index in [1.165, 1.54) is 0 Å². The molecular weight excluding hydrogens is 252 g/mol. The maximum Gasteiger partial charge on any atom is 0.339 e. The summed E-state index contributed by atoms with van der Waals surface area (Å²) in [4.78, 5) is 12.0. The Kier molecular flexibility index (Phi) is 6.76. The molecule has 0 heterocycles. The van der Waals surface area contributed by atoms with Crippen LogP contribution < -0.4 is 0 Å². The van der Waals surface area contributed by atoms with E-state index in [1.54, 1.807) is 12.1 Å². The van der Waals surface area contributed by atoms with Gasteiger partial charge in [-0.15, -0.1) is 0 Å². The summed E-state index contributed by atoms with van der Waals surface area (Å²) in [6.07, 6.45) is 0.890. The lowest BCUT2D eigenvalue weighted by Crippen LogP contribution is -2.20. The summed E-state index contributed by atoms with van der Waals surface area (Å²) in [6, 6.07) is 7.18. The molecule has 3 nitrogen and oxygen atoms in total. The SMILES string of the molecule is CCCOC(=O)C(OCCC)c1ccccc1Cl. The molecule has 4 heteroatoms. The Morgan fingerprint density at radius 1 is 1.22 bits per heavy atom. The Morgan fingerprint density at radius 2 is 1.89 bits per heavy atom. The molecule has 1 aromatic carbocycles. The third-order valence-electron chi connectivity index (χ3n) is 2.34. The van der Waals surface area contributed by atoms with Crippen molar-refractivity contribution in [1.29, 1.82) is 0 Å². The molecule has 0 aliphatic carbocycles. The summed E-state index contributed by atoms with van der Waals surface area (Å²) in [7, 11) is 0. The maximum absolute atomic E-state index is 12.0. The van der Waals surface area contributed by atoms with Gasteiger partial charge in [-0.25, -0.2) is 4.79 Å². The standard InChI is InChI=1S/C14H19ClO3/c1-3-9-17-13(14(16)18-10-4-2)11-7-5-6-8-12(11)15/h5-8,13H,3-4,9-10H2,1-2H3. The van der Waals surface area contributed by atoms with Crippen LogP contribution in [0.25, 0.3) is 0 Å². The number of benzene rings is 1. The average molecular weight is 271 g/mol. The Hall–Kier alpha value is -1.06. The van der Waals surface area contributed by atoms with E-state index in [9.17, 15) is 4.79 Å². The molecule has 0 fully saturated rings. The molecule has 0 aliphatic rings. The van der Waals surface area contributed by atoms with Gasteiger partial charge in [0.1, 0.15) is 0 Å². The van der Waals surface area contributed by atoms with Crippen LogP contribution >= 0.6 is 11.6 Å². The highest BCUT2D eigenvalue weighted by molar-refractivity contribution is 6.31. The summed E-state index contributed by atoms with van der Waals surface area (Å²) < 4.78 is 10.7. The Balaban J connectivity index is 2.83. The second-order valence-corrected chi connectivity index (χ2v) is 4.35. The summed E-state index contributed by atoms with van der Waals surface area (Å²) in [5, 5.41) is 0.520. The smallest absolute Gasteiger partial charge is 0.339 e. The Morgan fingerprint density at radius 3 is 2.50 bits per heavy atom. The lowest BCUT2D eigenvalue weighted by Gasteiger charge is -2.17. The van der Waals surface area contributed by atoms with E-state index in [-0.39, 0.29) is 5.97 Å². The van der Waals surface area contributed by atoms with Crippen molar-refractivity contribution in [2.75, 3.05) is 13.2 Å². The Labute approximate surface area is 113 Å². The van der Waals surface area contributed by atoms with Crippen LogP contribution in [0.2, 0.25) is 5.02 Å². The normalized spacial score (nSPS) is 12.2. The van der Waals surface area contributed by atoms with E-state index in [4.69, 9.17) is 21.1 Å². The number of hydrogen-bond acceptors (Lipinski definition) is 3. The van der Waals surface area contributed by atoms with Crippen LogP contribution in [0, 0.1) is 0 Å². The van der Waals surface area contributed by atoms with Gasteiger partial charge in [-0.1, -0.05) is 43.6 Å². The fourth-order valence-electron chi connectivity index (χ4n) is 1.49. The quantitative estimate of drug-likeness (QED) is 0.708. The number of halogens is 1. The molecule has 0 radical (unpaired) electrons. The van der Waals surface area contributed by atoms with E-state index in [0.717, 1.165) is 12.8 Å². The first-order chi connectivity index (χ1) is 8.70. The van der Waals surface area contributed by atoms with Crippen LogP contribution in [-0.4, -0.2) is 19.2 Å². The predicted octanol–water partition coefficient (Wildman–Crippen LogP) is 3.76. The fourth-order valence-corrected chi connectivity index (χ4v) is 1.72. The van der Waals surface area contributed by atoms with E-state index >= 15 is 0 Å². The number of carbonyl (C=O) groups is 1. The van der Waals surface area contributed by atoms with E-state index in [0.29, 0.717) is 23.8 Å². The van der Waals surface area contributed by atoms with Gasteiger partial charge in [-0.05, 0) is 18.9 Å². The molecule has 0 aliphatic heterocycles. The first-order valence-electron chi connectivity index (χ1n) is 6.23. The van der Waals surface area contributed by atoms with Gasteiger partial charge in [0.15, 0.2) is 6.10 Å². The van der Waals surface area contributed by atoms with Gasteiger partial charge in [0.2, 0.25) is 0 Å². The van der Waals surface area contributed by atoms with E-state index in [2.05, 4.69) is 0 Å². The van der Waals surface area contributed by atoms with Crippen molar-refractivity contribution in [3.8, 4) is 0 Å². The van der Waals surface area contributed by atoms with Crippen molar-refractivity contribution in [2.45, 2.75) is 32.8 Å². The van der Waals surface area contributed by atoms with Crippen molar-refractivity contribution >= 4 is 17.6 Å². The van der Waals surface area contributed by atoms with Gasteiger partial charge >= 0.3 is 5.97 Å². The van der Waals surface area contributed by atoms with Crippen molar-refractivity contribution < 1.29 is 14.3 Å². The molecule has 0 saturated heterocycles. The molecule has 0 aromatic heterocycles. The van der Waals surface area contributed by atoms with Gasteiger partial charge in [-0.3, -0.25) is 0 Å². The number of carbonyl (C=O) groups excluding carboxylic acids is 1. The second-order valence-electron chi connectivity index (χ2n) is 3.94. The van der Waals surface area contributed by atoms with Crippen LogP contribution in [0.3, 0.4) is 0 Å². The Bertz CT molecular complexity index is 379. The summed E-state index contributed by atoms with van der Waals surface area (Å²) >= 11 is 6.09. The fraction of sp³-hybridized carbons (Fsp3) is 0.500. The van der Waals surface area contributed by atoms with Crippen molar-refractivity contribution in [1.82, 2.24) is 0 Å². The molecule has 0 saturated carbocycles. The second kappa shape index (κ2) is 8.11. The number of rotatable bonds is 7. The molecule has 0 spiro atoms. The third kappa shape index (κ3) is 4.31. The summed E-state index contributed by atoms with van der Waals surface area (Å²) in [5.74, 6) is -0.376. The van der Waals surface area contributed by atoms with Crippen LogP contribution in [0.1, 0.15) is 38.4 Å². The number of hydrogen-bond donors (Lipinski definition) is 0. The maximum atomic E-state index is 12.0. The number of esters is 1. The highest BCUT2D eigenvalue weighted by Gasteiger charge is 2.24. The van der Waals surface area contributed by atoms with Gasteiger partial charge < -0.3 is 9.47 Å². The van der Waals surface area contributed by atoms with E-state index in [1.807, 2.05) is 26.0 Å². The predicted molar refractivity (Wildman–Crippen MR) is 71.7 cm³/mol. The minimum absolute atomic E-state index is 0.376. The molecular formula is C14H19ClO3. The molecule has 18 heavy (non-hydrogen) atoms. The lowest BCUT2D eigenvalue weighted by molar-refractivity contribution is -0.157. The lowest BCUT2D eigenvalue weighted by atomic mass is 10.1. The van der Waals surface area contributed by atoms with Crippen LogP contribution in [0.4, 0.5) is 0 Å². The first kappa shape index (κ1) is 15.0. The zero-order chi connectivity index (χ0) is 13.4. The molecule has 0 amide bonds. The van der Waals surface area contributed by atoms with Crippen molar-refractivity contribution in [2.24, 2.45) is 0 Å². The largest absolute Gasteiger partial charge is 0.464 e. The van der Waals surface area contributed by atoms with Crippen molar-refractivity contribution in [3.05, 3.63) is 34.9 Å². The van der Waals surface area contributed by atoms with Crippen LogP contribution in [0.5, 0.6) is 0 Å². The van der Waals surface area contributed by atoms with E-state index < -0.39 is 6.10 Å². The molecule has 1 atom stereocenters. The monoisotopic (exact) mass is 270 g/mol. The molecule has 0 bridgehead atoms. The average Bonchev–Trinajstić information content (AvgIpc) is 2.38. The third-order valence-corrected chi connectivity index (χ3v) is 2.68. The molecule has 1 rings (SSSR count). The minimum Gasteiger partial charge on any atom is -0.464 e. The molecule has 1 unspecified atom stereocenters. The summed E-state index contributed by atoms with van der Waals surface area (Å²) in [5.41, 5.74) is 0.661. The highest BCUT2D eigenvalue weighted by Crippen LogP contribution is 2.26. The molecule has 0 N–H and O–H groups in total. The van der Waals surface area contributed by atoms with Gasteiger partial charge in [0, 0.05) is 17.2 Å². The minimum atomic E-state index is -0.731. The van der Waals surface area contributed by atoms with Gasteiger partial charge in [0.25, 0.3) is 0 Å². The highest BCUT2D eigenvalue weighted by atomic mass is 35.5. The number of ether oxygens (including phenoxy) is 2. The topological polar surface area (TPSA) is 35.5 Å². The van der Waals surface area contributed by atoms with Gasteiger partial charge in [-0.2, -0.15) is 0 Å². The zero-order valence-electron chi connectivity index (χ0n) is 10.8. The van der Waals surface area contributed by atoms with Gasteiger partial charge in [0.05, 0.1) is 6.61 Å². The zero-order valence-corrected chi connectivity index (χ0v) is 11.6.